The summed E-state index contributed by atoms with van der Waals surface area (Å²) in [6.45, 7) is 2.79. The van der Waals surface area contributed by atoms with Crippen LogP contribution in [0.4, 0.5) is 11.4 Å². The molecule has 43 heavy (non-hydrogen) atoms. The van der Waals surface area contributed by atoms with Crippen LogP contribution in [0.5, 0.6) is 11.5 Å². The molecule has 0 aromatic heterocycles. The second kappa shape index (κ2) is 11.3. The van der Waals surface area contributed by atoms with Gasteiger partial charge in [0.25, 0.3) is 17.5 Å². The van der Waals surface area contributed by atoms with Gasteiger partial charge in [-0.05, 0) is 55.7 Å². The number of nitrogens with one attached hydrogen (secondary N) is 1. The Balaban J connectivity index is 1.15. The van der Waals surface area contributed by atoms with Crippen molar-refractivity contribution in [3.63, 3.8) is 0 Å². The van der Waals surface area contributed by atoms with Crippen LogP contribution in [0.25, 0.3) is 0 Å². The highest BCUT2D eigenvalue weighted by Gasteiger charge is 2.54. The first-order chi connectivity index (χ1) is 20.7. The molecule has 3 heterocycles. The van der Waals surface area contributed by atoms with Gasteiger partial charge in [0, 0.05) is 42.5 Å². The molecule has 3 aliphatic heterocycles. The summed E-state index contributed by atoms with van der Waals surface area (Å²) in [5.74, 6) is 0.538. The summed E-state index contributed by atoms with van der Waals surface area (Å²) in [5.41, 5.74) is 1.40. The van der Waals surface area contributed by atoms with Crippen molar-refractivity contribution < 1.29 is 28.8 Å². The maximum Gasteiger partial charge on any atom is 0.273 e. The Hall–Kier alpha value is -5.13. The maximum atomic E-state index is 14.0. The summed E-state index contributed by atoms with van der Waals surface area (Å²) in [7, 11) is 0. The molecule has 222 valence electrons. The standard InChI is InChI=1S/C31H31N5O7/c1-21-7-9-23(16-25(21)36(40)41)29(38)33-13-11-31(12-14-33)30(39)34(19-35(31)24-5-3-2-4-6-24)18-28(37)32-17-22-8-10-26-27(15-22)43-20-42-26/h2-10,15-16H,11-14,17-20H2,1H3,(H,32,37). The van der Waals surface area contributed by atoms with E-state index >= 15 is 0 Å². The number of amides is 3. The smallest absolute Gasteiger partial charge is 0.273 e. The van der Waals surface area contributed by atoms with Crippen LogP contribution in [-0.4, -0.2) is 71.1 Å². The quantitative estimate of drug-likeness (QED) is 0.330. The van der Waals surface area contributed by atoms with E-state index in [1.54, 1.807) is 34.9 Å². The SMILES string of the molecule is Cc1ccc(C(=O)N2CCC3(CC2)C(=O)N(CC(=O)NCc2ccc4c(c2)OCO4)CN3c2ccccc2)cc1[N+](=O)[O-]. The van der Waals surface area contributed by atoms with Gasteiger partial charge in [0.2, 0.25) is 12.7 Å². The van der Waals surface area contributed by atoms with Crippen molar-refractivity contribution in [3.8, 4) is 11.5 Å². The Morgan fingerprint density at radius 3 is 2.49 bits per heavy atom. The average molecular weight is 586 g/mol. The minimum Gasteiger partial charge on any atom is -0.454 e. The number of carbonyl (C=O) groups excluding carboxylic acids is 3. The van der Waals surface area contributed by atoms with Gasteiger partial charge in [0.05, 0.1) is 11.6 Å². The summed E-state index contributed by atoms with van der Waals surface area (Å²) >= 11 is 0. The lowest BCUT2D eigenvalue weighted by Crippen LogP contribution is -2.57. The number of rotatable bonds is 7. The highest BCUT2D eigenvalue weighted by molar-refractivity contribution is 5.98. The number of aryl methyl sites for hydroxylation is 1. The zero-order valence-electron chi connectivity index (χ0n) is 23.7. The van der Waals surface area contributed by atoms with Gasteiger partial charge >= 0.3 is 0 Å². The Morgan fingerprint density at radius 1 is 1.00 bits per heavy atom. The molecule has 3 amide bonds. The largest absolute Gasteiger partial charge is 0.454 e. The van der Waals surface area contributed by atoms with Gasteiger partial charge in [-0.3, -0.25) is 24.5 Å². The third-order valence-electron chi connectivity index (χ3n) is 8.37. The summed E-state index contributed by atoms with van der Waals surface area (Å²) in [6.07, 6.45) is 0.714. The number of fused-ring (bicyclic) bond motifs is 1. The fourth-order valence-electron chi connectivity index (χ4n) is 6.00. The lowest BCUT2D eigenvalue weighted by atomic mass is 9.85. The fourth-order valence-corrected chi connectivity index (χ4v) is 6.00. The number of hydrogen-bond acceptors (Lipinski definition) is 8. The first kappa shape index (κ1) is 28.0. The van der Waals surface area contributed by atoms with Crippen LogP contribution < -0.4 is 19.7 Å². The number of carbonyl (C=O) groups is 3. The second-order valence-electron chi connectivity index (χ2n) is 11.0. The Kier molecular flexibility index (Phi) is 7.34. The average Bonchev–Trinajstić information content (AvgIpc) is 3.59. The number of nitrogens with zero attached hydrogens (tertiary/aromatic N) is 4. The minimum absolute atomic E-state index is 0.104. The fraction of sp³-hybridized carbons (Fsp3) is 0.323. The third kappa shape index (κ3) is 5.31. The number of para-hydroxylation sites is 1. The van der Waals surface area contributed by atoms with Crippen LogP contribution in [0.2, 0.25) is 0 Å². The Labute approximate surface area is 247 Å². The van der Waals surface area contributed by atoms with Crippen molar-refractivity contribution in [1.29, 1.82) is 0 Å². The number of nitro groups is 1. The molecule has 0 aliphatic carbocycles. The van der Waals surface area contributed by atoms with E-state index in [0.717, 1.165) is 11.3 Å². The van der Waals surface area contributed by atoms with Crippen molar-refractivity contribution in [1.82, 2.24) is 15.1 Å². The van der Waals surface area contributed by atoms with Gasteiger partial charge in [-0.15, -0.1) is 0 Å². The van der Waals surface area contributed by atoms with E-state index in [4.69, 9.17) is 9.47 Å². The van der Waals surface area contributed by atoms with Gasteiger partial charge in [0.1, 0.15) is 12.1 Å². The number of hydrogen-bond donors (Lipinski definition) is 1. The molecule has 2 saturated heterocycles. The highest BCUT2D eigenvalue weighted by atomic mass is 16.7. The normalized spacial score (nSPS) is 17.0. The molecule has 0 saturated carbocycles. The molecule has 1 N–H and O–H groups in total. The van der Waals surface area contributed by atoms with Crippen LogP contribution in [0.3, 0.4) is 0 Å². The predicted molar refractivity (Wildman–Crippen MR) is 156 cm³/mol. The zero-order chi connectivity index (χ0) is 30.1. The van der Waals surface area contributed by atoms with Crippen LogP contribution >= 0.6 is 0 Å². The summed E-state index contributed by atoms with van der Waals surface area (Å²) in [6, 6.07) is 19.5. The summed E-state index contributed by atoms with van der Waals surface area (Å²) in [5, 5.41) is 14.3. The van der Waals surface area contributed by atoms with Crippen molar-refractivity contribution in [2.45, 2.75) is 31.8 Å². The van der Waals surface area contributed by atoms with Crippen molar-refractivity contribution in [2.75, 3.05) is 38.0 Å². The molecule has 3 aromatic carbocycles. The first-order valence-corrected chi connectivity index (χ1v) is 14.1. The van der Waals surface area contributed by atoms with E-state index in [-0.39, 0.29) is 55.5 Å². The molecule has 0 unspecified atom stereocenters. The molecule has 0 radical (unpaired) electrons. The van der Waals surface area contributed by atoms with E-state index in [1.807, 2.05) is 47.4 Å². The van der Waals surface area contributed by atoms with Crippen molar-refractivity contribution in [3.05, 3.63) is 93.5 Å². The van der Waals surface area contributed by atoms with Crippen molar-refractivity contribution >= 4 is 29.1 Å². The van der Waals surface area contributed by atoms with E-state index in [0.29, 0.717) is 43.0 Å². The van der Waals surface area contributed by atoms with Gasteiger partial charge in [-0.2, -0.15) is 0 Å². The molecule has 1 spiro atoms. The number of piperidine rings is 1. The Bertz CT molecular complexity index is 1590. The minimum atomic E-state index is -0.922. The molecular weight excluding hydrogens is 554 g/mol. The number of ether oxygens (including phenoxy) is 2. The monoisotopic (exact) mass is 585 g/mol. The zero-order valence-corrected chi connectivity index (χ0v) is 23.7. The summed E-state index contributed by atoms with van der Waals surface area (Å²) in [4.78, 5) is 56.4. The predicted octanol–water partition coefficient (Wildman–Crippen LogP) is 3.23. The molecule has 0 atom stereocenters. The lowest BCUT2D eigenvalue weighted by molar-refractivity contribution is -0.385. The van der Waals surface area contributed by atoms with Gasteiger partial charge in [0.15, 0.2) is 11.5 Å². The number of likely N-dealkylation sites (tertiary alicyclic amines) is 1. The number of benzene rings is 3. The third-order valence-corrected chi connectivity index (χ3v) is 8.37. The molecule has 6 rings (SSSR count). The molecular formula is C31H31N5O7. The molecule has 12 heteroatoms. The molecule has 0 bridgehead atoms. The van der Waals surface area contributed by atoms with Crippen LogP contribution in [0.15, 0.2) is 66.7 Å². The van der Waals surface area contributed by atoms with E-state index in [1.165, 1.54) is 6.07 Å². The molecule has 12 nitrogen and oxygen atoms in total. The van der Waals surface area contributed by atoms with E-state index in [2.05, 4.69) is 5.32 Å². The Morgan fingerprint density at radius 2 is 1.74 bits per heavy atom. The van der Waals surface area contributed by atoms with Crippen LogP contribution in [0, 0.1) is 17.0 Å². The van der Waals surface area contributed by atoms with E-state index in [9.17, 15) is 24.5 Å². The molecule has 3 aliphatic rings. The molecule has 3 aromatic rings. The lowest BCUT2D eigenvalue weighted by Gasteiger charge is -2.43. The maximum absolute atomic E-state index is 14.0. The van der Waals surface area contributed by atoms with E-state index < -0.39 is 10.5 Å². The second-order valence-corrected chi connectivity index (χ2v) is 11.0. The van der Waals surface area contributed by atoms with Crippen LogP contribution in [-0.2, 0) is 16.1 Å². The topological polar surface area (TPSA) is 135 Å². The van der Waals surface area contributed by atoms with Crippen LogP contribution in [0.1, 0.15) is 34.3 Å². The first-order valence-electron chi connectivity index (χ1n) is 14.1. The number of anilines is 1. The number of nitro benzene ring substituents is 1. The van der Waals surface area contributed by atoms with Gasteiger partial charge in [-0.25, -0.2) is 0 Å². The van der Waals surface area contributed by atoms with Crippen molar-refractivity contribution in [2.24, 2.45) is 0 Å². The molecule has 2 fully saturated rings. The highest BCUT2D eigenvalue weighted by Crippen LogP contribution is 2.40. The summed E-state index contributed by atoms with van der Waals surface area (Å²) < 4.78 is 10.7. The van der Waals surface area contributed by atoms with Gasteiger partial charge < -0.3 is 29.5 Å². The van der Waals surface area contributed by atoms with Gasteiger partial charge in [-0.1, -0.05) is 30.3 Å².